The highest BCUT2D eigenvalue weighted by Gasteiger charge is 2.16. The molecule has 0 radical (unpaired) electrons. The topological polar surface area (TPSA) is 54.7 Å². The van der Waals surface area contributed by atoms with Gasteiger partial charge in [-0.3, -0.25) is 5.10 Å². The normalized spacial score (nSPS) is 10.9. The molecule has 0 atom stereocenters. The molecule has 1 heterocycles. The molecule has 0 fully saturated rings. The Morgan fingerprint density at radius 1 is 1.11 bits per heavy atom. The van der Waals surface area contributed by atoms with Crippen LogP contribution >= 0.6 is 0 Å². The zero-order valence-corrected chi connectivity index (χ0v) is 11.6. The van der Waals surface area contributed by atoms with Crippen LogP contribution in [0.15, 0.2) is 12.1 Å². The van der Waals surface area contributed by atoms with Gasteiger partial charge >= 0.3 is 0 Å². The van der Waals surface area contributed by atoms with Gasteiger partial charge in [-0.25, -0.2) is 0 Å². The zero-order valence-electron chi connectivity index (χ0n) is 11.6. The van der Waals surface area contributed by atoms with Crippen LogP contribution in [-0.4, -0.2) is 10.2 Å². The van der Waals surface area contributed by atoms with Crippen LogP contribution < -0.4 is 5.73 Å². The lowest BCUT2D eigenvalue weighted by atomic mass is 9.92. The summed E-state index contributed by atoms with van der Waals surface area (Å²) in [4.78, 5) is 0. The standard InChI is InChI=1S/C15H21N3/c1-5-6-12-14(15(16)18-17-12)13-10(3)7-9(2)8-11(13)4/h7-8H,5-6H2,1-4H3,(H3,16,17,18). The van der Waals surface area contributed by atoms with E-state index in [0.717, 1.165) is 24.1 Å². The van der Waals surface area contributed by atoms with Gasteiger partial charge in [-0.1, -0.05) is 31.0 Å². The van der Waals surface area contributed by atoms with Crippen LogP contribution in [0.1, 0.15) is 35.7 Å². The van der Waals surface area contributed by atoms with Gasteiger partial charge in [0.05, 0.1) is 0 Å². The molecule has 1 aromatic heterocycles. The van der Waals surface area contributed by atoms with Gasteiger partial charge in [0.2, 0.25) is 0 Å². The van der Waals surface area contributed by atoms with Gasteiger partial charge in [0.1, 0.15) is 0 Å². The van der Waals surface area contributed by atoms with Gasteiger partial charge in [-0.05, 0) is 43.9 Å². The number of hydrogen-bond acceptors (Lipinski definition) is 2. The Bertz CT molecular complexity index is 544. The summed E-state index contributed by atoms with van der Waals surface area (Å²) in [6.07, 6.45) is 2.06. The summed E-state index contributed by atoms with van der Waals surface area (Å²) < 4.78 is 0. The van der Waals surface area contributed by atoms with E-state index in [1.165, 1.54) is 22.3 Å². The summed E-state index contributed by atoms with van der Waals surface area (Å²) in [6, 6.07) is 4.40. The zero-order chi connectivity index (χ0) is 13.3. The van der Waals surface area contributed by atoms with E-state index < -0.39 is 0 Å². The highest BCUT2D eigenvalue weighted by atomic mass is 15.2. The van der Waals surface area contributed by atoms with Crippen LogP contribution in [0.25, 0.3) is 11.1 Å². The van der Waals surface area contributed by atoms with E-state index in [4.69, 9.17) is 5.73 Å². The SMILES string of the molecule is CCCc1[nH]nc(N)c1-c1c(C)cc(C)cc1C. The van der Waals surface area contributed by atoms with Crippen molar-refractivity contribution in [2.45, 2.75) is 40.5 Å². The molecule has 0 unspecified atom stereocenters. The number of aromatic amines is 1. The molecule has 0 bridgehead atoms. The molecule has 2 rings (SSSR count). The molecule has 3 N–H and O–H groups in total. The van der Waals surface area contributed by atoms with Gasteiger partial charge in [-0.2, -0.15) is 5.10 Å². The molecular formula is C15H21N3. The van der Waals surface area contributed by atoms with Crippen molar-refractivity contribution in [2.75, 3.05) is 5.73 Å². The Labute approximate surface area is 108 Å². The maximum Gasteiger partial charge on any atom is 0.153 e. The monoisotopic (exact) mass is 243 g/mol. The van der Waals surface area contributed by atoms with E-state index in [2.05, 4.69) is 50.0 Å². The second-order valence-electron chi connectivity index (χ2n) is 4.99. The largest absolute Gasteiger partial charge is 0.382 e. The first-order valence-corrected chi connectivity index (χ1v) is 6.45. The number of nitrogens with zero attached hydrogens (tertiary/aromatic N) is 1. The van der Waals surface area contributed by atoms with E-state index in [1.54, 1.807) is 0 Å². The van der Waals surface area contributed by atoms with Crippen molar-refractivity contribution in [2.24, 2.45) is 0 Å². The average Bonchev–Trinajstić information content (AvgIpc) is 2.61. The minimum Gasteiger partial charge on any atom is -0.382 e. The first-order chi connectivity index (χ1) is 8.54. The van der Waals surface area contributed by atoms with Gasteiger partial charge in [0.25, 0.3) is 0 Å². The van der Waals surface area contributed by atoms with Crippen molar-refractivity contribution in [3.05, 3.63) is 34.5 Å². The fourth-order valence-corrected chi connectivity index (χ4v) is 2.68. The average molecular weight is 243 g/mol. The van der Waals surface area contributed by atoms with Crippen LogP contribution in [0.5, 0.6) is 0 Å². The molecule has 2 aromatic rings. The lowest BCUT2D eigenvalue weighted by Crippen LogP contribution is -1.96. The van der Waals surface area contributed by atoms with Crippen LogP contribution in [0.4, 0.5) is 5.82 Å². The van der Waals surface area contributed by atoms with E-state index in [1.807, 2.05) is 0 Å². The minimum absolute atomic E-state index is 0.605. The fraction of sp³-hybridized carbons (Fsp3) is 0.400. The van der Waals surface area contributed by atoms with Gasteiger partial charge in [-0.15, -0.1) is 0 Å². The van der Waals surface area contributed by atoms with Gasteiger partial charge in [0, 0.05) is 11.3 Å². The summed E-state index contributed by atoms with van der Waals surface area (Å²) in [5.74, 6) is 0.605. The molecule has 3 nitrogen and oxygen atoms in total. The van der Waals surface area contributed by atoms with E-state index in [-0.39, 0.29) is 0 Å². The van der Waals surface area contributed by atoms with Crippen LogP contribution in [-0.2, 0) is 6.42 Å². The third kappa shape index (κ3) is 2.13. The molecule has 0 saturated heterocycles. The Morgan fingerprint density at radius 2 is 1.72 bits per heavy atom. The molecule has 0 spiro atoms. The molecule has 1 aromatic carbocycles. The predicted molar refractivity (Wildman–Crippen MR) is 76.6 cm³/mol. The Kier molecular flexibility index (Phi) is 3.41. The number of nitrogens with two attached hydrogens (primary N) is 1. The van der Waals surface area contributed by atoms with Crippen LogP contribution in [0.3, 0.4) is 0 Å². The van der Waals surface area contributed by atoms with Crippen molar-refractivity contribution in [3.63, 3.8) is 0 Å². The third-order valence-corrected chi connectivity index (χ3v) is 3.30. The first-order valence-electron chi connectivity index (χ1n) is 6.45. The second kappa shape index (κ2) is 4.84. The lowest BCUT2D eigenvalue weighted by molar-refractivity contribution is 0.868. The van der Waals surface area contributed by atoms with E-state index in [0.29, 0.717) is 5.82 Å². The van der Waals surface area contributed by atoms with Crippen molar-refractivity contribution in [1.82, 2.24) is 10.2 Å². The number of nitrogens with one attached hydrogen (secondary N) is 1. The molecule has 18 heavy (non-hydrogen) atoms. The number of aryl methyl sites for hydroxylation is 4. The third-order valence-electron chi connectivity index (χ3n) is 3.30. The molecule has 0 amide bonds. The summed E-state index contributed by atoms with van der Waals surface area (Å²) in [7, 11) is 0. The van der Waals surface area contributed by atoms with Crippen molar-refractivity contribution in [1.29, 1.82) is 0 Å². The summed E-state index contributed by atoms with van der Waals surface area (Å²) in [5.41, 5.74) is 13.3. The van der Waals surface area contributed by atoms with Crippen LogP contribution in [0.2, 0.25) is 0 Å². The predicted octanol–water partition coefficient (Wildman–Crippen LogP) is 3.54. The molecule has 0 aliphatic carbocycles. The number of benzene rings is 1. The molecule has 0 saturated carbocycles. The number of aromatic nitrogens is 2. The molecule has 0 aliphatic rings. The minimum atomic E-state index is 0.605. The van der Waals surface area contributed by atoms with Gasteiger partial charge in [0.15, 0.2) is 5.82 Å². The quantitative estimate of drug-likeness (QED) is 0.866. The highest BCUT2D eigenvalue weighted by molar-refractivity contribution is 5.81. The fourth-order valence-electron chi connectivity index (χ4n) is 2.68. The maximum absolute atomic E-state index is 6.04. The van der Waals surface area contributed by atoms with Crippen molar-refractivity contribution >= 4 is 5.82 Å². The number of hydrogen-bond donors (Lipinski definition) is 2. The highest BCUT2D eigenvalue weighted by Crippen LogP contribution is 2.34. The number of rotatable bonds is 3. The number of nitrogen functional groups attached to an aromatic ring is 1. The summed E-state index contributed by atoms with van der Waals surface area (Å²) in [5, 5.41) is 7.24. The Balaban J connectivity index is 2.65. The molecule has 96 valence electrons. The molecular weight excluding hydrogens is 222 g/mol. The summed E-state index contributed by atoms with van der Waals surface area (Å²) in [6.45, 7) is 8.56. The first kappa shape index (κ1) is 12.7. The second-order valence-corrected chi connectivity index (χ2v) is 4.99. The molecule has 0 aliphatic heterocycles. The number of H-pyrrole nitrogens is 1. The Hall–Kier alpha value is -1.77. The van der Waals surface area contributed by atoms with Crippen molar-refractivity contribution in [3.8, 4) is 11.1 Å². The summed E-state index contributed by atoms with van der Waals surface area (Å²) >= 11 is 0. The lowest BCUT2D eigenvalue weighted by Gasteiger charge is -2.12. The van der Waals surface area contributed by atoms with E-state index >= 15 is 0 Å². The van der Waals surface area contributed by atoms with Crippen molar-refractivity contribution < 1.29 is 0 Å². The maximum atomic E-state index is 6.04. The van der Waals surface area contributed by atoms with Crippen LogP contribution in [0, 0.1) is 20.8 Å². The Morgan fingerprint density at radius 3 is 2.28 bits per heavy atom. The number of anilines is 1. The van der Waals surface area contributed by atoms with Gasteiger partial charge < -0.3 is 5.73 Å². The smallest absolute Gasteiger partial charge is 0.153 e. The van der Waals surface area contributed by atoms with E-state index in [9.17, 15) is 0 Å². The molecule has 3 heteroatoms.